The second-order valence-electron chi connectivity index (χ2n) is 6.79. The quantitative estimate of drug-likeness (QED) is 0.322. The number of nitrogens with zero attached hydrogens (tertiary/aromatic N) is 3. The molecule has 0 saturated carbocycles. The summed E-state index contributed by atoms with van der Waals surface area (Å²) < 4.78 is 32.1. The molecule has 164 valence electrons. The Hall–Kier alpha value is -3.52. The van der Waals surface area contributed by atoms with Crippen LogP contribution in [0.3, 0.4) is 0 Å². The summed E-state index contributed by atoms with van der Waals surface area (Å²) in [6.45, 7) is 0.242. The maximum absolute atomic E-state index is 14.0. The molecule has 0 radical (unpaired) electrons. The number of halogens is 1. The molecule has 0 fully saturated rings. The monoisotopic (exact) mass is 451 g/mol. The average molecular weight is 452 g/mol. The van der Waals surface area contributed by atoms with Crippen molar-refractivity contribution in [2.24, 2.45) is 0 Å². The van der Waals surface area contributed by atoms with E-state index < -0.39 is 0 Å². The van der Waals surface area contributed by atoms with Gasteiger partial charge >= 0.3 is 0 Å². The van der Waals surface area contributed by atoms with Gasteiger partial charge in [-0.3, -0.25) is 4.57 Å². The summed E-state index contributed by atoms with van der Waals surface area (Å²) >= 11 is 1.47. The molecule has 8 heteroatoms. The van der Waals surface area contributed by atoms with E-state index in [1.165, 1.54) is 24.9 Å². The van der Waals surface area contributed by atoms with Gasteiger partial charge in [0.05, 0.1) is 14.2 Å². The fourth-order valence-electron chi connectivity index (χ4n) is 3.09. The number of benzene rings is 3. The zero-order valence-electron chi connectivity index (χ0n) is 17.7. The van der Waals surface area contributed by atoms with Gasteiger partial charge in [-0.05, 0) is 54.1 Å². The first-order valence-electron chi connectivity index (χ1n) is 9.89. The molecule has 3 aromatic carbocycles. The standard InChI is InChI=1S/C24H22FN3O3S/c1-29-19-9-11-20(12-10-19)31-15-23-26-27-24(28(23)18-6-4-3-5-7-18)32-16-17-8-13-22(30-2)21(25)14-17/h3-14H,15-16H2,1-2H3. The van der Waals surface area contributed by atoms with Gasteiger partial charge in [0, 0.05) is 11.4 Å². The van der Waals surface area contributed by atoms with Crippen LogP contribution in [-0.2, 0) is 12.4 Å². The molecule has 4 aromatic rings. The summed E-state index contributed by atoms with van der Waals surface area (Å²) in [7, 11) is 3.07. The van der Waals surface area contributed by atoms with Crippen LogP contribution in [0.4, 0.5) is 4.39 Å². The number of methoxy groups -OCH3 is 2. The van der Waals surface area contributed by atoms with E-state index in [-0.39, 0.29) is 18.2 Å². The van der Waals surface area contributed by atoms with E-state index >= 15 is 0 Å². The van der Waals surface area contributed by atoms with Crippen LogP contribution in [0.1, 0.15) is 11.4 Å². The van der Waals surface area contributed by atoms with Crippen molar-refractivity contribution in [2.75, 3.05) is 14.2 Å². The third kappa shape index (κ3) is 5.03. The number of hydrogen-bond donors (Lipinski definition) is 0. The Kier molecular flexibility index (Phi) is 6.91. The molecule has 32 heavy (non-hydrogen) atoms. The molecule has 0 N–H and O–H groups in total. The summed E-state index contributed by atoms with van der Waals surface area (Å²) in [6.07, 6.45) is 0. The van der Waals surface area contributed by atoms with Crippen LogP contribution in [0.25, 0.3) is 5.69 Å². The van der Waals surface area contributed by atoms with Crippen molar-refractivity contribution in [2.45, 2.75) is 17.5 Å². The topological polar surface area (TPSA) is 58.4 Å². The number of rotatable bonds is 9. The van der Waals surface area contributed by atoms with E-state index in [4.69, 9.17) is 14.2 Å². The normalized spacial score (nSPS) is 10.7. The van der Waals surface area contributed by atoms with Crippen molar-refractivity contribution >= 4 is 11.8 Å². The molecule has 0 bridgehead atoms. The van der Waals surface area contributed by atoms with Gasteiger partial charge in [-0.1, -0.05) is 36.0 Å². The zero-order valence-corrected chi connectivity index (χ0v) is 18.5. The fourth-order valence-corrected chi connectivity index (χ4v) is 4.00. The Balaban J connectivity index is 1.54. The molecule has 1 aromatic heterocycles. The minimum absolute atomic E-state index is 0.226. The first kappa shape index (κ1) is 21.7. The highest BCUT2D eigenvalue weighted by molar-refractivity contribution is 7.98. The SMILES string of the molecule is COc1ccc(OCc2nnc(SCc3ccc(OC)c(F)c3)n2-c2ccccc2)cc1. The van der Waals surface area contributed by atoms with Crippen molar-refractivity contribution in [3.63, 3.8) is 0 Å². The Bertz CT molecular complexity index is 1170. The van der Waals surface area contributed by atoms with Gasteiger partial charge in [-0.2, -0.15) is 0 Å². The summed E-state index contributed by atoms with van der Waals surface area (Å²) in [5.41, 5.74) is 1.75. The van der Waals surface area contributed by atoms with E-state index in [9.17, 15) is 4.39 Å². The summed E-state index contributed by atoms with van der Waals surface area (Å²) in [6, 6.07) is 22.1. The summed E-state index contributed by atoms with van der Waals surface area (Å²) in [4.78, 5) is 0. The summed E-state index contributed by atoms with van der Waals surface area (Å²) in [5.74, 6) is 2.50. The largest absolute Gasteiger partial charge is 0.497 e. The van der Waals surface area contributed by atoms with E-state index in [1.807, 2.05) is 65.2 Å². The Morgan fingerprint density at radius 3 is 2.31 bits per heavy atom. The fraction of sp³-hybridized carbons (Fsp3) is 0.167. The second-order valence-corrected chi connectivity index (χ2v) is 7.73. The predicted molar refractivity (Wildman–Crippen MR) is 121 cm³/mol. The number of hydrogen-bond acceptors (Lipinski definition) is 6. The van der Waals surface area contributed by atoms with Crippen LogP contribution in [0.5, 0.6) is 17.2 Å². The number of ether oxygens (including phenoxy) is 3. The molecule has 0 spiro atoms. The summed E-state index contributed by atoms with van der Waals surface area (Å²) in [5, 5.41) is 9.40. The molecule has 0 unspecified atom stereocenters. The van der Waals surface area contributed by atoms with Gasteiger partial charge in [0.15, 0.2) is 22.5 Å². The lowest BCUT2D eigenvalue weighted by Crippen LogP contribution is -2.06. The van der Waals surface area contributed by atoms with E-state index in [0.29, 0.717) is 22.5 Å². The molecular weight excluding hydrogens is 429 g/mol. The first-order chi connectivity index (χ1) is 15.7. The lowest BCUT2D eigenvalue weighted by molar-refractivity contribution is 0.292. The highest BCUT2D eigenvalue weighted by Gasteiger charge is 2.16. The zero-order chi connectivity index (χ0) is 22.3. The van der Waals surface area contributed by atoms with Crippen molar-refractivity contribution < 1.29 is 18.6 Å². The lowest BCUT2D eigenvalue weighted by Gasteiger charge is -2.11. The Morgan fingerprint density at radius 1 is 0.875 bits per heavy atom. The van der Waals surface area contributed by atoms with Gasteiger partial charge in [0.1, 0.15) is 18.1 Å². The number of para-hydroxylation sites is 1. The van der Waals surface area contributed by atoms with E-state index in [2.05, 4.69) is 10.2 Å². The Morgan fingerprint density at radius 2 is 1.62 bits per heavy atom. The molecule has 0 amide bonds. The molecule has 0 aliphatic heterocycles. The molecule has 0 aliphatic carbocycles. The van der Waals surface area contributed by atoms with E-state index in [1.54, 1.807) is 13.2 Å². The Labute approximate surface area is 190 Å². The van der Waals surface area contributed by atoms with Crippen LogP contribution in [0.2, 0.25) is 0 Å². The molecule has 0 aliphatic rings. The highest BCUT2D eigenvalue weighted by atomic mass is 32.2. The minimum atomic E-state index is -0.385. The maximum atomic E-state index is 14.0. The van der Waals surface area contributed by atoms with Gasteiger partial charge in [-0.15, -0.1) is 10.2 Å². The molecule has 1 heterocycles. The highest BCUT2D eigenvalue weighted by Crippen LogP contribution is 2.28. The van der Waals surface area contributed by atoms with Crippen molar-refractivity contribution in [1.82, 2.24) is 14.8 Å². The number of thioether (sulfide) groups is 1. The third-order valence-corrected chi connectivity index (χ3v) is 5.73. The molecule has 6 nitrogen and oxygen atoms in total. The molecule has 4 rings (SSSR count). The minimum Gasteiger partial charge on any atom is -0.497 e. The van der Waals surface area contributed by atoms with Crippen LogP contribution in [-0.4, -0.2) is 29.0 Å². The smallest absolute Gasteiger partial charge is 0.196 e. The van der Waals surface area contributed by atoms with Crippen molar-refractivity contribution in [3.8, 4) is 22.9 Å². The predicted octanol–water partition coefficient (Wildman–Crippen LogP) is 5.29. The van der Waals surface area contributed by atoms with Crippen LogP contribution in [0, 0.1) is 5.82 Å². The van der Waals surface area contributed by atoms with Crippen molar-refractivity contribution in [1.29, 1.82) is 0 Å². The number of aromatic nitrogens is 3. The van der Waals surface area contributed by atoms with Gasteiger partial charge in [0.2, 0.25) is 0 Å². The maximum Gasteiger partial charge on any atom is 0.196 e. The molecule has 0 atom stereocenters. The third-order valence-electron chi connectivity index (χ3n) is 4.73. The average Bonchev–Trinajstić information content (AvgIpc) is 3.25. The van der Waals surface area contributed by atoms with E-state index in [0.717, 1.165) is 17.0 Å². The van der Waals surface area contributed by atoms with Crippen LogP contribution in [0.15, 0.2) is 78.0 Å². The first-order valence-corrected chi connectivity index (χ1v) is 10.9. The van der Waals surface area contributed by atoms with Gasteiger partial charge in [-0.25, -0.2) is 4.39 Å². The van der Waals surface area contributed by atoms with Gasteiger partial charge in [0.25, 0.3) is 0 Å². The van der Waals surface area contributed by atoms with Crippen LogP contribution >= 0.6 is 11.8 Å². The molecule has 0 saturated heterocycles. The van der Waals surface area contributed by atoms with Crippen molar-refractivity contribution in [3.05, 3.63) is 90.0 Å². The second kappa shape index (κ2) is 10.2. The molecular formula is C24H22FN3O3S. The van der Waals surface area contributed by atoms with Gasteiger partial charge < -0.3 is 14.2 Å². The lowest BCUT2D eigenvalue weighted by atomic mass is 10.2. The van der Waals surface area contributed by atoms with Crippen LogP contribution < -0.4 is 14.2 Å².